The van der Waals surface area contributed by atoms with Crippen LogP contribution in [0.15, 0.2) is 59.5 Å². The molecule has 0 aliphatic carbocycles. The van der Waals surface area contributed by atoms with Gasteiger partial charge in [0, 0.05) is 16.0 Å². The number of alkyl halides is 2. The molecule has 6 heteroatoms. The first-order chi connectivity index (χ1) is 10.6. The Kier molecular flexibility index (Phi) is 4.43. The predicted octanol–water partition coefficient (Wildman–Crippen LogP) is 4.67. The molecule has 0 aliphatic heterocycles. The van der Waals surface area contributed by atoms with Crippen molar-refractivity contribution in [2.45, 2.75) is 15.6 Å². The van der Waals surface area contributed by atoms with Gasteiger partial charge in [0.15, 0.2) is 0 Å². The van der Waals surface area contributed by atoms with Crippen LogP contribution in [0.1, 0.15) is 11.3 Å². The SMILES string of the molecule is O=S(=O)(c1ccccc1)n1c(CBr)c(CBr)c2ccccc21. The quantitative estimate of drug-likeness (QED) is 0.550. The fraction of sp³-hybridized carbons (Fsp3) is 0.125. The van der Waals surface area contributed by atoms with E-state index in [0.717, 1.165) is 16.6 Å². The van der Waals surface area contributed by atoms with Crippen molar-refractivity contribution in [1.29, 1.82) is 0 Å². The molecule has 0 fully saturated rings. The summed E-state index contributed by atoms with van der Waals surface area (Å²) in [5, 5.41) is 2.02. The van der Waals surface area contributed by atoms with E-state index in [1.807, 2.05) is 30.3 Å². The van der Waals surface area contributed by atoms with Crippen LogP contribution < -0.4 is 0 Å². The van der Waals surface area contributed by atoms with E-state index in [1.54, 1.807) is 24.3 Å². The molecule has 0 unspecified atom stereocenters. The zero-order chi connectivity index (χ0) is 15.7. The number of nitrogens with zero attached hydrogens (tertiary/aromatic N) is 1. The van der Waals surface area contributed by atoms with Gasteiger partial charge in [0.25, 0.3) is 10.0 Å². The molecule has 0 saturated carbocycles. The van der Waals surface area contributed by atoms with Crippen molar-refractivity contribution in [2.75, 3.05) is 0 Å². The molecule has 1 aromatic heterocycles. The molecule has 0 saturated heterocycles. The van der Waals surface area contributed by atoms with E-state index < -0.39 is 10.0 Å². The van der Waals surface area contributed by atoms with Crippen LogP contribution in [0.5, 0.6) is 0 Å². The molecular formula is C16H13Br2NO2S. The third kappa shape index (κ3) is 2.43. The van der Waals surface area contributed by atoms with Gasteiger partial charge in [0.05, 0.1) is 16.1 Å². The smallest absolute Gasteiger partial charge is 0.237 e. The molecule has 3 nitrogen and oxygen atoms in total. The van der Waals surface area contributed by atoms with E-state index in [4.69, 9.17) is 0 Å². The van der Waals surface area contributed by atoms with Crippen LogP contribution in [0, 0.1) is 0 Å². The third-order valence-electron chi connectivity index (χ3n) is 3.58. The summed E-state index contributed by atoms with van der Waals surface area (Å²) in [5.41, 5.74) is 2.45. The summed E-state index contributed by atoms with van der Waals surface area (Å²) in [5.74, 6) is 0. The van der Waals surface area contributed by atoms with Gasteiger partial charge in [-0.3, -0.25) is 0 Å². The lowest BCUT2D eigenvalue weighted by atomic mass is 10.2. The Morgan fingerprint density at radius 3 is 2.14 bits per heavy atom. The highest BCUT2D eigenvalue weighted by Gasteiger charge is 2.25. The minimum absolute atomic E-state index is 0.291. The van der Waals surface area contributed by atoms with E-state index >= 15 is 0 Å². The van der Waals surface area contributed by atoms with Crippen molar-refractivity contribution in [2.24, 2.45) is 0 Å². The summed E-state index contributed by atoms with van der Waals surface area (Å²) >= 11 is 6.91. The summed E-state index contributed by atoms with van der Waals surface area (Å²) < 4.78 is 27.6. The van der Waals surface area contributed by atoms with Gasteiger partial charge in [-0.15, -0.1) is 0 Å². The molecule has 22 heavy (non-hydrogen) atoms. The molecule has 0 aliphatic rings. The van der Waals surface area contributed by atoms with E-state index in [9.17, 15) is 8.42 Å². The highest BCUT2D eigenvalue weighted by molar-refractivity contribution is 9.09. The number of hydrogen-bond donors (Lipinski definition) is 0. The van der Waals surface area contributed by atoms with Gasteiger partial charge in [0.2, 0.25) is 0 Å². The van der Waals surface area contributed by atoms with E-state index in [-0.39, 0.29) is 0 Å². The number of fused-ring (bicyclic) bond motifs is 1. The van der Waals surface area contributed by atoms with E-state index in [1.165, 1.54) is 3.97 Å². The molecule has 0 spiro atoms. The maximum Gasteiger partial charge on any atom is 0.268 e. The number of rotatable bonds is 4. The lowest BCUT2D eigenvalue weighted by Gasteiger charge is -2.11. The first kappa shape index (κ1) is 15.8. The van der Waals surface area contributed by atoms with Crippen LogP contribution in [-0.2, 0) is 20.7 Å². The summed E-state index contributed by atoms with van der Waals surface area (Å²) in [7, 11) is -3.63. The van der Waals surface area contributed by atoms with E-state index in [2.05, 4.69) is 31.9 Å². The minimum Gasteiger partial charge on any atom is -0.237 e. The average molecular weight is 443 g/mol. The number of para-hydroxylation sites is 1. The van der Waals surface area contributed by atoms with Gasteiger partial charge in [-0.25, -0.2) is 12.4 Å². The number of hydrogen-bond acceptors (Lipinski definition) is 2. The Labute approximate surface area is 146 Å². The third-order valence-corrected chi connectivity index (χ3v) is 6.44. The summed E-state index contributed by atoms with van der Waals surface area (Å²) in [6.45, 7) is 0. The summed E-state index contributed by atoms with van der Waals surface area (Å²) in [6, 6.07) is 16.1. The standard InChI is InChI=1S/C16H13Br2NO2S/c17-10-14-13-8-4-5-9-15(13)19(16(14)11-18)22(20,21)12-6-2-1-3-7-12/h1-9H,10-11H2. The van der Waals surface area contributed by atoms with Crippen molar-refractivity contribution in [3.63, 3.8) is 0 Å². The molecule has 1 heterocycles. The Hall–Kier alpha value is -1.11. The Bertz CT molecular complexity index is 918. The van der Waals surface area contributed by atoms with Crippen LogP contribution in [-0.4, -0.2) is 12.4 Å². The lowest BCUT2D eigenvalue weighted by Crippen LogP contribution is -2.15. The topological polar surface area (TPSA) is 39.1 Å². The van der Waals surface area contributed by atoms with Gasteiger partial charge in [-0.1, -0.05) is 68.3 Å². The van der Waals surface area contributed by atoms with Crippen LogP contribution in [0.2, 0.25) is 0 Å². The molecule has 0 N–H and O–H groups in total. The predicted molar refractivity (Wildman–Crippen MR) is 96.2 cm³/mol. The second kappa shape index (κ2) is 6.18. The molecular weight excluding hydrogens is 430 g/mol. The van der Waals surface area contributed by atoms with Crippen molar-refractivity contribution < 1.29 is 8.42 Å². The first-order valence-corrected chi connectivity index (χ1v) is 10.3. The van der Waals surface area contributed by atoms with Crippen molar-refractivity contribution in [1.82, 2.24) is 3.97 Å². The molecule has 0 bridgehead atoms. The monoisotopic (exact) mass is 441 g/mol. The second-order valence-electron chi connectivity index (χ2n) is 4.79. The van der Waals surface area contributed by atoms with Crippen LogP contribution in [0.3, 0.4) is 0 Å². The molecule has 0 atom stereocenters. The average Bonchev–Trinajstić information content (AvgIpc) is 2.89. The molecule has 2 aromatic carbocycles. The lowest BCUT2D eigenvalue weighted by molar-refractivity contribution is 0.588. The van der Waals surface area contributed by atoms with Gasteiger partial charge >= 0.3 is 0 Å². The zero-order valence-corrected chi connectivity index (χ0v) is 15.5. The number of benzene rings is 2. The largest absolute Gasteiger partial charge is 0.268 e. The highest BCUT2D eigenvalue weighted by Crippen LogP contribution is 2.32. The zero-order valence-electron chi connectivity index (χ0n) is 11.5. The highest BCUT2D eigenvalue weighted by atomic mass is 79.9. The van der Waals surface area contributed by atoms with E-state index in [0.29, 0.717) is 21.1 Å². The molecule has 3 aromatic rings. The van der Waals surface area contributed by atoms with Crippen LogP contribution in [0.25, 0.3) is 10.9 Å². The minimum atomic E-state index is -3.63. The molecule has 0 amide bonds. The van der Waals surface area contributed by atoms with Gasteiger partial charge in [-0.05, 0) is 23.8 Å². The molecule has 114 valence electrons. The maximum atomic E-state index is 13.1. The first-order valence-electron chi connectivity index (χ1n) is 6.65. The molecule has 3 rings (SSSR count). The van der Waals surface area contributed by atoms with Gasteiger partial charge in [-0.2, -0.15) is 0 Å². The fourth-order valence-electron chi connectivity index (χ4n) is 2.59. The maximum absolute atomic E-state index is 13.1. The van der Waals surface area contributed by atoms with Crippen molar-refractivity contribution >= 4 is 52.8 Å². The van der Waals surface area contributed by atoms with Gasteiger partial charge < -0.3 is 0 Å². The number of halogens is 2. The number of aromatic nitrogens is 1. The van der Waals surface area contributed by atoms with Crippen molar-refractivity contribution in [3.05, 3.63) is 65.9 Å². The van der Waals surface area contributed by atoms with Crippen molar-refractivity contribution in [3.8, 4) is 0 Å². The summed E-state index contributed by atoms with van der Waals surface area (Å²) in [6.07, 6.45) is 0. The molecule has 0 radical (unpaired) electrons. The fourth-order valence-corrected chi connectivity index (χ4v) is 5.56. The van der Waals surface area contributed by atoms with Crippen LogP contribution in [0.4, 0.5) is 0 Å². The Morgan fingerprint density at radius 1 is 0.864 bits per heavy atom. The Balaban J connectivity index is 2.41. The Morgan fingerprint density at radius 2 is 1.50 bits per heavy atom. The normalized spacial score (nSPS) is 11.9. The van der Waals surface area contributed by atoms with Crippen LogP contribution >= 0.6 is 31.9 Å². The van der Waals surface area contributed by atoms with Gasteiger partial charge in [0.1, 0.15) is 0 Å². The summed E-state index contributed by atoms with van der Waals surface area (Å²) in [4.78, 5) is 0.291. The second-order valence-corrected chi connectivity index (χ2v) is 7.70.